The van der Waals surface area contributed by atoms with E-state index in [-0.39, 0.29) is 17.4 Å². The Morgan fingerprint density at radius 1 is 1.33 bits per heavy atom. The third kappa shape index (κ3) is 3.64. The van der Waals surface area contributed by atoms with Crippen molar-refractivity contribution >= 4 is 10.1 Å². The van der Waals surface area contributed by atoms with Gasteiger partial charge in [-0.2, -0.15) is 8.42 Å². The van der Waals surface area contributed by atoms with E-state index in [2.05, 4.69) is 0 Å². The molecule has 0 heterocycles. The highest BCUT2D eigenvalue weighted by molar-refractivity contribution is 7.86. The molecule has 0 aromatic heterocycles. The Morgan fingerprint density at radius 2 is 2.00 bits per heavy atom. The predicted octanol–water partition coefficient (Wildman–Crippen LogP) is 2.36. The van der Waals surface area contributed by atoms with E-state index in [9.17, 15) is 8.42 Å². The third-order valence-corrected chi connectivity index (χ3v) is 3.11. The summed E-state index contributed by atoms with van der Waals surface area (Å²) in [4.78, 5) is 0.225. The maximum atomic E-state index is 11.7. The zero-order chi connectivity index (χ0) is 11.5. The van der Waals surface area contributed by atoms with E-state index in [4.69, 9.17) is 4.18 Å². The Bertz CT molecular complexity index is 421. The van der Waals surface area contributed by atoms with Crippen molar-refractivity contribution in [3.05, 3.63) is 29.8 Å². The van der Waals surface area contributed by atoms with E-state index in [1.165, 1.54) is 0 Å². The Hall–Kier alpha value is -0.870. The fourth-order valence-electron chi connectivity index (χ4n) is 1.06. The lowest BCUT2D eigenvalue weighted by atomic mass is 10.2. The molecule has 15 heavy (non-hydrogen) atoms. The molecule has 0 N–H and O–H groups in total. The van der Waals surface area contributed by atoms with Gasteiger partial charge in [0.2, 0.25) is 0 Å². The molecule has 1 aromatic rings. The van der Waals surface area contributed by atoms with Crippen LogP contribution in [0.2, 0.25) is 0 Å². The molecule has 0 bridgehead atoms. The highest BCUT2D eigenvalue weighted by Crippen LogP contribution is 2.14. The molecule has 0 aliphatic carbocycles. The molecule has 0 saturated carbocycles. The minimum Gasteiger partial charge on any atom is -0.266 e. The molecule has 0 aliphatic heterocycles. The van der Waals surface area contributed by atoms with Crippen molar-refractivity contribution in [3.63, 3.8) is 0 Å². The maximum absolute atomic E-state index is 11.7. The number of benzene rings is 1. The van der Waals surface area contributed by atoms with Gasteiger partial charge in [-0.1, -0.05) is 26.0 Å². The standard InChI is InChI=1S/C11H16O3S/c1-9(2)8-14-15(12,13)11-6-4-5-10(3)7-11/h4-7,9H,8H2,1-3H3. The van der Waals surface area contributed by atoms with E-state index in [1.807, 2.05) is 26.8 Å². The molecule has 0 amide bonds. The van der Waals surface area contributed by atoms with Crippen LogP contribution in [0.15, 0.2) is 29.2 Å². The smallest absolute Gasteiger partial charge is 0.266 e. The number of rotatable bonds is 4. The highest BCUT2D eigenvalue weighted by Gasteiger charge is 2.15. The summed E-state index contributed by atoms with van der Waals surface area (Å²) in [6.07, 6.45) is 0. The first-order chi connectivity index (χ1) is 6.92. The van der Waals surface area contributed by atoms with Gasteiger partial charge in [0.1, 0.15) is 0 Å². The van der Waals surface area contributed by atoms with Crippen molar-refractivity contribution < 1.29 is 12.6 Å². The summed E-state index contributed by atoms with van der Waals surface area (Å²) >= 11 is 0. The lowest BCUT2D eigenvalue weighted by Crippen LogP contribution is -2.11. The van der Waals surface area contributed by atoms with Gasteiger partial charge in [-0.15, -0.1) is 0 Å². The monoisotopic (exact) mass is 228 g/mol. The van der Waals surface area contributed by atoms with Crippen molar-refractivity contribution in [1.29, 1.82) is 0 Å². The van der Waals surface area contributed by atoms with Crippen LogP contribution < -0.4 is 0 Å². The predicted molar refractivity (Wildman–Crippen MR) is 59.2 cm³/mol. The largest absolute Gasteiger partial charge is 0.296 e. The lowest BCUT2D eigenvalue weighted by Gasteiger charge is -2.07. The van der Waals surface area contributed by atoms with Gasteiger partial charge in [-0.25, -0.2) is 0 Å². The second-order valence-corrected chi connectivity index (χ2v) is 5.56. The molecule has 3 nitrogen and oxygen atoms in total. The lowest BCUT2D eigenvalue weighted by molar-refractivity contribution is 0.275. The van der Waals surface area contributed by atoms with Crippen LogP contribution >= 0.6 is 0 Å². The van der Waals surface area contributed by atoms with Crippen LogP contribution in [0.25, 0.3) is 0 Å². The molecule has 1 rings (SSSR count). The first-order valence-corrected chi connectivity index (χ1v) is 6.29. The Labute approximate surface area is 91.2 Å². The first-order valence-electron chi connectivity index (χ1n) is 4.88. The molecule has 0 atom stereocenters. The molecule has 84 valence electrons. The van der Waals surface area contributed by atoms with Crippen LogP contribution in [0, 0.1) is 12.8 Å². The molecule has 4 heteroatoms. The van der Waals surface area contributed by atoms with Gasteiger partial charge in [-0.3, -0.25) is 4.18 Å². The molecule has 0 unspecified atom stereocenters. The molecule has 0 spiro atoms. The fourth-order valence-corrected chi connectivity index (χ4v) is 2.23. The second-order valence-electron chi connectivity index (χ2n) is 3.95. The topological polar surface area (TPSA) is 43.4 Å². The number of hydrogen-bond acceptors (Lipinski definition) is 3. The Morgan fingerprint density at radius 3 is 2.53 bits per heavy atom. The summed E-state index contributed by atoms with van der Waals surface area (Å²) in [7, 11) is -3.58. The number of aryl methyl sites for hydroxylation is 1. The van der Waals surface area contributed by atoms with Crippen molar-refractivity contribution in [2.75, 3.05) is 6.61 Å². The van der Waals surface area contributed by atoms with Gasteiger partial charge in [0.05, 0.1) is 11.5 Å². The first kappa shape index (κ1) is 12.2. The summed E-state index contributed by atoms with van der Waals surface area (Å²) in [6, 6.07) is 6.71. The van der Waals surface area contributed by atoms with Crippen molar-refractivity contribution in [2.45, 2.75) is 25.7 Å². The fraction of sp³-hybridized carbons (Fsp3) is 0.455. The second kappa shape index (κ2) is 4.77. The minimum absolute atomic E-state index is 0.199. The van der Waals surface area contributed by atoms with Crippen LogP contribution in [0.5, 0.6) is 0 Å². The average Bonchev–Trinajstić information content (AvgIpc) is 2.15. The summed E-state index contributed by atoms with van der Waals surface area (Å²) in [5, 5.41) is 0. The molecular weight excluding hydrogens is 212 g/mol. The highest BCUT2D eigenvalue weighted by atomic mass is 32.2. The SMILES string of the molecule is Cc1cccc(S(=O)(=O)OCC(C)C)c1. The number of hydrogen-bond donors (Lipinski definition) is 0. The molecule has 1 aromatic carbocycles. The molecule has 0 fully saturated rings. The van der Waals surface area contributed by atoms with Gasteiger partial charge in [0, 0.05) is 0 Å². The van der Waals surface area contributed by atoms with Gasteiger partial charge >= 0.3 is 0 Å². The molecule has 0 radical (unpaired) electrons. The summed E-state index contributed by atoms with van der Waals surface area (Å²) in [5.41, 5.74) is 0.907. The van der Waals surface area contributed by atoms with Crippen LogP contribution in [0.1, 0.15) is 19.4 Å². The zero-order valence-corrected chi connectivity index (χ0v) is 10.0. The van der Waals surface area contributed by atoms with Crippen molar-refractivity contribution in [3.8, 4) is 0 Å². The van der Waals surface area contributed by atoms with Crippen molar-refractivity contribution in [2.24, 2.45) is 5.92 Å². The third-order valence-electron chi connectivity index (χ3n) is 1.83. The van der Waals surface area contributed by atoms with E-state index >= 15 is 0 Å². The van der Waals surface area contributed by atoms with E-state index in [0.29, 0.717) is 0 Å². The van der Waals surface area contributed by atoms with E-state index in [1.54, 1.807) is 18.2 Å². The molecule has 0 aliphatic rings. The van der Waals surface area contributed by atoms with Gasteiger partial charge < -0.3 is 0 Å². The summed E-state index contributed by atoms with van der Waals surface area (Å²) in [6.45, 7) is 5.88. The maximum Gasteiger partial charge on any atom is 0.296 e. The minimum atomic E-state index is -3.58. The van der Waals surface area contributed by atoms with Gasteiger partial charge in [0.25, 0.3) is 10.1 Å². The Balaban J connectivity index is 2.87. The van der Waals surface area contributed by atoms with E-state index in [0.717, 1.165) is 5.56 Å². The molecular formula is C11H16O3S. The van der Waals surface area contributed by atoms with Crippen LogP contribution in [-0.2, 0) is 14.3 Å². The molecule has 0 saturated heterocycles. The zero-order valence-electron chi connectivity index (χ0n) is 9.23. The van der Waals surface area contributed by atoms with Crippen LogP contribution in [-0.4, -0.2) is 15.0 Å². The van der Waals surface area contributed by atoms with Crippen LogP contribution in [0.4, 0.5) is 0 Å². The normalized spacial score (nSPS) is 12.0. The Kier molecular flexibility index (Phi) is 3.88. The van der Waals surface area contributed by atoms with E-state index < -0.39 is 10.1 Å². The quantitative estimate of drug-likeness (QED) is 0.743. The van der Waals surface area contributed by atoms with Gasteiger partial charge in [0.15, 0.2) is 0 Å². The summed E-state index contributed by atoms with van der Waals surface area (Å²) < 4.78 is 28.2. The average molecular weight is 228 g/mol. The van der Waals surface area contributed by atoms with Crippen LogP contribution in [0.3, 0.4) is 0 Å². The van der Waals surface area contributed by atoms with Gasteiger partial charge in [-0.05, 0) is 30.5 Å². The summed E-state index contributed by atoms with van der Waals surface area (Å²) in [5.74, 6) is 0.199. The van der Waals surface area contributed by atoms with Crippen molar-refractivity contribution in [1.82, 2.24) is 0 Å².